The molecule has 0 aromatic heterocycles. The van der Waals surface area contributed by atoms with Crippen LogP contribution in [0, 0.1) is 11.3 Å². The van der Waals surface area contributed by atoms with Crippen molar-refractivity contribution in [3.05, 3.63) is 118 Å². The van der Waals surface area contributed by atoms with Crippen LogP contribution in [0.1, 0.15) is 102 Å². The number of Topliss-reactive ketones (excluding diaryl/α,β-unsaturated/α-hetero) is 1. The first-order chi connectivity index (χ1) is 18.2. The first-order valence-electron chi connectivity index (χ1n) is 14.2. The van der Waals surface area contributed by atoms with Crippen LogP contribution in [0.5, 0.6) is 5.75 Å². The smallest absolute Gasteiger partial charge is 0.167 e. The SMILES string of the molecule is CC1=C(c2cc(C(C)c3ccccc3)c(O)c(C(C)(C)C)c2)C(C(C)c2ccccc2)C(=O)C(C(C)(C)C)=C1. The van der Waals surface area contributed by atoms with Gasteiger partial charge < -0.3 is 5.11 Å². The molecular weight excluding hydrogens is 476 g/mol. The van der Waals surface area contributed by atoms with Gasteiger partial charge in [0.05, 0.1) is 5.92 Å². The van der Waals surface area contributed by atoms with Gasteiger partial charge in [0.2, 0.25) is 0 Å². The van der Waals surface area contributed by atoms with Gasteiger partial charge in [0.25, 0.3) is 0 Å². The molecule has 0 amide bonds. The van der Waals surface area contributed by atoms with Gasteiger partial charge in [-0.05, 0) is 63.6 Å². The summed E-state index contributed by atoms with van der Waals surface area (Å²) in [6, 6.07) is 25.0. The maximum absolute atomic E-state index is 14.4. The van der Waals surface area contributed by atoms with Crippen molar-refractivity contribution in [2.45, 2.75) is 79.6 Å². The van der Waals surface area contributed by atoms with Crippen molar-refractivity contribution >= 4 is 11.4 Å². The second kappa shape index (κ2) is 10.6. The van der Waals surface area contributed by atoms with E-state index in [1.54, 1.807) is 0 Å². The van der Waals surface area contributed by atoms with E-state index in [-0.39, 0.29) is 34.4 Å². The first-order valence-corrected chi connectivity index (χ1v) is 14.2. The average molecular weight is 521 g/mol. The van der Waals surface area contributed by atoms with Crippen LogP contribution in [-0.4, -0.2) is 10.9 Å². The molecule has 1 aliphatic rings. The molecule has 0 radical (unpaired) electrons. The van der Waals surface area contributed by atoms with Crippen LogP contribution in [0.15, 0.2) is 90.0 Å². The lowest BCUT2D eigenvalue weighted by Crippen LogP contribution is -2.32. The molecule has 3 unspecified atom stereocenters. The lowest BCUT2D eigenvalue weighted by atomic mass is 9.66. The van der Waals surface area contributed by atoms with Crippen molar-refractivity contribution in [1.29, 1.82) is 0 Å². The summed E-state index contributed by atoms with van der Waals surface area (Å²) in [5, 5.41) is 11.6. The van der Waals surface area contributed by atoms with Crippen LogP contribution < -0.4 is 0 Å². The zero-order valence-corrected chi connectivity index (χ0v) is 25.1. The van der Waals surface area contributed by atoms with E-state index in [2.05, 4.69) is 105 Å². The van der Waals surface area contributed by atoms with Gasteiger partial charge in [0.1, 0.15) is 5.75 Å². The molecule has 2 heteroatoms. The Morgan fingerprint density at radius 1 is 0.769 bits per heavy atom. The topological polar surface area (TPSA) is 37.3 Å². The summed E-state index contributed by atoms with van der Waals surface area (Å²) in [6.45, 7) is 19.2. The number of benzene rings is 3. The monoisotopic (exact) mass is 520 g/mol. The number of phenols is 1. The molecule has 39 heavy (non-hydrogen) atoms. The summed E-state index contributed by atoms with van der Waals surface area (Å²) < 4.78 is 0. The minimum absolute atomic E-state index is 0.00174. The van der Waals surface area contributed by atoms with Gasteiger partial charge in [0, 0.05) is 22.6 Å². The lowest BCUT2D eigenvalue weighted by Gasteiger charge is -2.36. The Morgan fingerprint density at radius 3 is 1.82 bits per heavy atom. The van der Waals surface area contributed by atoms with Crippen molar-refractivity contribution in [2.24, 2.45) is 11.3 Å². The first kappa shape index (κ1) is 28.6. The van der Waals surface area contributed by atoms with E-state index in [4.69, 9.17) is 0 Å². The molecule has 0 fully saturated rings. The lowest BCUT2D eigenvalue weighted by molar-refractivity contribution is -0.119. The van der Waals surface area contributed by atoms with Gasteiger partial charge in [-0.15, -0.1) is 0 Å². The number of phenolic OH excluding ortho intramolecular Hbond substituents is 1. The van der Waals surface area contributed by atoms with E-state index < -0.39 is 0 Å². The van der Waals surface area contributed by atoms with Gasteiger partial charge in [-0.1, -0.05) is 122 Å². The van der Waals surface area contributed by atoms with Gasteiger partial charge in [0.15, 0.2) is 5.78 Å². The molecule has 2 nitrogen and oxygen atoms in total. The molecule has 4 rings (SSSR count). The van der Waals surface area contributed by atoms with E-state index in [0.29, 0.717) is 5.75 Å². The summed E-state index contributed by atoms with van der Waals surface area (Å²) in [7, 11) is 0. The number of hydrogen-bond donors (Lipinski definition) is 1. The van der Waals surface area contributed by atoms with Gasteiger partial charge in [-0.2, -0.15) is 0 Å². The minimum Gasteiger partial charge on any atom is -0.507 e. The highest BCUT2D eigenvalue weighted by Crippen LogP contribution is 2.48. The third-order valence-corrected chi connectivity index (χ3v) is 8.30. The van der Waals surface area contributed by atoms with Crippen molar-refractivity contribution in [1.82, 2.24) is 0 Å². The van der Waals surface area contributed by atoms with Crippen molar-refractivity contribution in [3.8, 4) is 5.75 Å². The number of rotatable bonds is 5. The molecule has 0 saturated heterocycles. The van der Waals surface area contributed by atoms with Crippen LogP contribution in [-0.2, 0) is 10.2 Å². The fourth-order valence-electron chi connectivity index (χ4n) is 5.96. The van der Waals surface area contributed by atoms with Gasteiger partial charge in [-0.3, -0.25) is 4.79 Å². The van der Waals surface area contributed by atoms with E-state index in [1.807, 2.05) is 36.4 Å². The molecular formula is C37H44O2. The molecule has 204 valence electrons. The average Bonchev–Trinajstić information content (AvgIpc) is 2.88. The summed E-state index contributed by atoms with van der Waals surface area (Å²) in [6.07, 6.45) is 2.11. The van der Waals surface area contributed by atoms with Crippen LogP contribution in [0.3, 0.4) is 0 Å². The maximum atomic E-state index is 14.4. The van der Waals surface area contributed by atoms with Crippen molar-refractivity contribution < 1.29 is 9.90 Å². The number of aromatic hydroxyl groups is 1. The fourth-order valence-corrected chi connectivity index (χ4v) is 5.96. The van der Waals surface area contributed by atoms with Crippen molar-refractivity contribution in [2.75, 3.05) is 0 Å². The van der Waals surface area contributed by atoms with Crippen LogP contribution in [0.4, 0.5) is 0 Å². The summed E-state index contributed by atoms with van der Waals surface area (Å²) in [4.78, 5) is 14.4. The predicted octanol–water partition coefficient (Wildman–Crippen LogP) is 9.59. The Labute approximate surface area is 235 Å². The molecule has 3 aromatic carbocycles. The highest BCUT2D eigenvalue weighted by Gasteiger charge is 2.40. The molecule has 3 aromatic rings. The van der Waals surface area contributed by atoms with Crippen LogP contribution in [0.2, 0.25) is 0 Å². The number of hydrogen-bond acceptors (Lipinski definition) is 2. The Kier molecular flexibility index (Phi) is 7.81. The normalized spacial score (nSPS) is 18.1. The summed E-state index contributed by atoms with van der Waals surface area (Å²) >= 11 is 0. The number of carbonyl (C=O) groups is 1. The van der Waals surface area contributed by atoms with E-state index in [0.717, 1.165) is 44.5 Å². The molecule has 1 aliphatic carbocycles. The summed E-state index contributed by atoms with van der Waals surface area (Å²) in [5.41, 5.74) is 7.68. The summed E-state index contributed by atoms with van der Waals surface area (Å²) in [5.74, 6) is 0.225. The molecule has 0 heterocycles. The second-order valence-electron chi connectivity index (χ2n) is 13.3. The Bertz CT molecular complexity index is 1410. The van der Waals surface area contributed by atoms with Gasteiger partial charge >= 0.3 is 0 Å². The third-order valence-electron chi connectivity index (χ3n) is 8.30. The van der Waals surface area contributed by atoms with E-state index in [9.17, 15) is 9.90 Å². The van der Waals surface area contributed by atoms with Gasteiger partial charge in [-0.25, -0.2) is 0 Å². The predicted molar refractivity (Wildman–Crippen MR) is 164 cm³/mol. The molecule has 0 spiro atoms. The second-order valence-corrected chi connectivity index (χ2v) is 13.3. The molecule has 0 bridgehead atoms. The quantitative estimate of drug-likeness (QED) is 0.364. The minimum atomic E-state index is -0.316. The Hall–Kier alpha value is -3.39. The van der Waals surface area contributed by atoms with E-state index in [1.165, 1.54) is 0 Å². The highest BCUT2D eigenvalue weighted by atomic mass is 16.3. The molecule has 1 N–H and O–H groups in total. The number of allylic oxidation sites excluding steroid dienone is 4. The van der Waals surface area contributed by atoms with Crippen molar-refractivity contribution in [3.63, 3.8) is 0 Å². The number of carbonyl (C=O) groups excluding carboxylic acids is 1. The fraction of sp³-hybridized carbons (Fsp3) is 0.378. The standard InChI is InChI=1S/C37H44O2/c1-23-20-30(36(4,5)6)35(39)33(25(3)27-18-14-11-15-19-27)32(23)28-21-29(24(2)26-16-12-10-13-17-26)34(38)31(22-28)37(7,8)9/h10-22,24-25,33,38H,1-9H3. The number of ketones is 1. The highest BCUT2D eigenvalue weighted by molar-refractivity contribution is 6.09. The maximum Gasteiger partial charge on any atom is 0.167 e. The Balaban J connectivity index is 2.01. The van der Waals surface area contributed by atoms with Crippen LogP contribution in [0.25, 0.3) is 5.57 Å². The van der Waals surface area contributed by atoms with Crippen LogP contribution >= 0.6 is 0 Å². The zero-order chi connectivity index (χ0) is 28.7. The molecule has 3 atom stereocenters. The largest absolute Gasteiger partial charge is 0.507 e. The molecule has 0 saturated carbocycles. The molecule has 0 aliphatic heterocycles. The van der Waals surface area contributed by atoms with E-state index >= 15 is 0 Å². The zero-order valence-electron chi connectivity index (χ0n) is 25.1. The Morgan fingerprint density at radius 2 is 1.31 bits per heavy atom. The third kappa shape index (κ3) is 5.66.